The van der Waals surface area contributed by atoms with Gasteiger partial charge in [-0.15, -0.1) is 0 Å². The largest absolute Gasteiger partial charge is 0.387 e. The molecule has 1 aliphatic rings. The standard InChI is InChI=1S/C21H24FN3O/c1-5-25(4)13-23-19-11-14(2)18(10-15(19)3)21-12-20(24-26-21)16-6-8-17(22)9-7-16/h6-11,13,21H,5,12H2,1-4H3/b23-13+. The molecule has 0 aromatic heterocycles. The van der Waals surface area contributed by atoms with Crippen molar-refractivity contribution in [2.75, 3.05) is 13.6 Å². The van der Waals surface area contributed by atoms with Gasteiger partial charge in [0.05, 0.1) is 17.7 Å². The summed E-state index contributed by atoms with van der Waals surface area (Å²) in [4.78, 5) is 12.3. The molecule has 0 aliphatic carbocycles. The zero-order valence-corrected chi connectivity index (χ0v) is 15.7. The summed E-state index contributed by atoms with van der Waals surface area (Å²) in [7, 11) is 2.00. The van der Waals surface area contributed by atoms with Crippen LogP contribution in [0, 0.1) is 19.7 Å². The smallest absolute Gasteiger partial charge is 0.158 e. The Morgan fingerprint density at radius 1 is 1.23 bits per heavy atom. The SMILES string of the molecule is CCN(C)/C=N/c1cc(C)c(C2CC(c3ccc(F)cc3)=NO2)cc1C. The molecular weight excluding hydrogens is 329 g/mol. The molecular formula is C21H24FN3O. The van der Waals surface area contributed by atoms with Gasteiger partial charge in [0.2, 0.25) is 0 Å². The fraction of sp³-hybridized carbons (Fsp3) is 0.333. The molecule has 0 saturated heterocycles. The van der Waals surface area contributed by atoms with Gasteiger partial charge in [-0.2, -0.15) is 0 Å². The Kier molecular flexibility index (Phi) is 5.35. The zero-order chi connectivity index (χ0) is 18.7. The number of oxime groups is 1. The summed E-state index contributed by atoms with van der Waals surface area (Å²) in [5, 5.41) is 4.22. The van der Waals surface area contributed by atoms with E-state index in [1.165, 1.54) is 12.1 Å². The van der Waals surface area contributed by atoms with Crippen molar-refractivity contribution in [3.05, 3.63) is 64.5 Å². The van der Waals surface area contributed by atoms with Crippen LogP contribution in [-0.2, 0) is 4.84 Å². The number of rotatable bonds is 5. The van der Waals surface area contributed by atoms with E-state index in [0.717, 1.165) is 40.2 Å². The van der Waals surface area contributed by atoms with Gasteiger partial charge in [-0.25, -0.2) is 9.38 Å². The molecule has 3 rings (SSSR count). The zero-order valence-electron chi connectivity index (χ0n) is 15.7. The lowest BCUT2D eigenvalue weighted by molar-refractivity contribution is 0.0852. The lowest BCUT2D eigenvalue weighted by Crippen LogP contribution is -2.14. The van der Waals surface area contributed by atoms with E-state index < -0.39 is 0 Å². The van der Waals surface area contributed by atoms with Gasteiger partial charge in [0.15, 0.2) is 6.10 Å². The number of hydrogen-bond donors (Lipinski definition) is 0. The molecule has 4 nitrogen and oxygen atoms in total. The van der Waals surface area contributed by atoms with Gasteiger partial charge in [0.1, 0.15) is 5.82 Å². The van der Waals surface area contributed by atoms with Crippen molar-refractivity contribution < 1.29 is 9.23 Å². The lowest BCUT2D eigenvalue weighted by Gasteiger charge is -2.15. The molecule has 0 saturated carbocycles. The Morgan fingerprint density at radius 2 is 1.96 bits per heavy atom. The molecule has 0 fully saturated rings. The first kappa shape index (κ1) is 18.1. The fourth-order valence-electron chi connectivity index (χ4n) is 2.91. The van der Waals surface area contributed by atoms with E-state index in [1.807, 2.05) is 18.3 Å². The molecule has 0 N–H and O–H groups in total. The Hall–Kier alpha value is -2.69. The van der Waals surface area contributed by atoms with Crippen LogP contribution >= 0.6 is 0 Å². The molecule has 2 aromatic carbocycles. The molecule has 0 bridgehead atoms. The van der Waals surface area contributed by atoms with E-state index >= 15 is 0 Å². The first-order valence-corrected chi connectivity index (χ1v) is 8.82. The molecule has 136 valence electrons. The van der Waals surface area contributed by atoms with Crippen molar-refractivity contribution in [3.8, 4) is 0 Å². The summed E-state index contributed by atoms with van der Waals surface area (Å²) in [6, 6.07) is 10.6. The highest BCUT2D eigenvalue weighted by Crippen LogP contribution is 2.34. The molecule has 0 spiro atoms. The molecule has 1 aliphatic heterocycles. The highest BCUT2D eigenvalue weighted by Gasteiger charge is 2.25. The molecule has 1 atom stereocenters. The summed E-state index contributed by atoms with van der Waals surface area (Å²) >= 11 is 0. The van der Waals surface area contributed by atoms with Crippen molar-refractivity contribution in [1.82, 2.24) is 4.90 Å². The van der Waals surface area contributed by atoms with E-state index in [-0.39, 0.29) is 11.9 Å². The van der Waals surface area contributed by atoms with E-state index in [4.69, 9.17) is 4.84 Å². The third kappa shape index (κ3) is 3.93. The highest BCUT2D eigenvalue weighted by molar-refractivity contribution is 6.01. The molecule has 5 heteroatoms. The van der Waals surface area contributed by atoms with Crippen molar-refractivity contribution in [2.24, 2.45) is 10.1 Å². The van der Waals surface area contributed by atoms with Crippen molar-refractivity contribution in [3.63, 3.8) is 0 Å². The third-order valence-corrected chi connectivity index (χ3v) is 4.67. The maximum Gasteiger partial charge on any atom is 0.158 e. The predicted molar refractivity (Wildman–Crippen MR) is 104 cm³/mol. The summed E-state index contributed by atoms with van der Waals surface area (Å²) in [6.45, 7) is 7.12. The second kappa shape index (κ2) is 7.68. The topological polar surface area (TPSA) is 37.2 Å². The Morgan fingerprint density at radius 3 is 2.65 bits per heavy atom. The van der Waals surface area contributed by atoms with Gasteiger partial charge in [-0.3, -0.25) is 0 Å². The quantitative estimate of drug-likeness (QED) is 0.565. The van der Waals surface area contributed by atoms with Crippen molar-refractivity contribution >= 4 is 17.7 Å². The van der Waals surface area contributed by atoms with Gasteiger partial charge in [-0.05, 0) is 67.3 Å². The van der Waals surface area contributed by atoms with Crippen LogP contribution in [0.2, 0.25) is 0 Å². The van der Waals surface area contributed by atoms with Gasteiger partial charge >= 0.3 is 0 Å². The number of nitrogens with zero attached hydrogens (tertiary/aromatic N) is 3. The normalized spacial score (nSPS) is 16.7. The molecule has 2 aromatic rings. The van der Waals surface area contributed by atoms with Gasteiger partial charge < -0.3 is 9.74 Å². The number of halogens is 1. The van der Waals surface area contributed by atoms with Gasteiger partial charge in [0.25, 0.3) is 0 Å². The second-order valence-electron chi connectivity index (χ2n) is 6.66. The minimum Gasteiger partial charge on any atom is -0.387 e. The maximum absolute atomic E-state index is 13.1. The number of aryl methyl sites for hydroxylation is 2. The first-order valence-electron chi connectivity index (χ1n) is 8.82. The van der Waals surface area contributed by atoms with Crippen LogP contribution in [0.4, 0.5) is 10.1 Å². The van der Waals surface area contributed by atoms with Crippen LogP contribution in [0.25, 0.3) is 0 Å². The minimum absolute atomic E-state index is 0.120. The third-order valence-electron chi connectivity index (χ3n) is 4.67. The summed E-state index contributed by atoms with van der Waals surface area (Å²) in [5.74, 6) is -0.249. The Labute approximate surface area is 154 Å². The van der Waals surface area contributed by atoms with Gasteiger partial charge in [0, 0.05) is 20.0 Å². The van der Waals surface area contributed by atoms with E-state index in [1.54, 1.807) is 12.1 Å². The fourth-order valence-corrected chi connectivity index (χ4v) is 2.91. The molecule has 0 amide bonds. The van der Waals surface area contributed by atoms with Crippen LogP contribution in [-0.4, -0.2) is 30.5 Å². The Balaban J connectivity index is 1.77. The van der Waals surface area contributed by atoms with Crippen LogP contribution in [0.1, 0.15) is 41.7 Å². The monoisotopic (exact) mass is 353 g/mol. The minimum atomic E-state index is -0.249. The maximum atomic E-state index is 13.1. The molecule has 26 heavy (non-hydrogen) atoms. The van der Waals surface area contributed by atoms with Crippen molar-refractivity contribution in [2.45, 2.75) is 33.3 Å². The van der Waals surface area contributed by atoms with E-state index in [2.05, 4.69) is 43.1 Å². The number of aliphatic imine (C=N–C) groups is 1. The summed E-state index contributed by atoms with van der Waals surface area (Å²) < 4.78 is 13.1. The van der Waals surface area contributed by atoms with Crippen molar-refractivity contribution in [1.29, 1.82) is 0 Å². The van der Waals surface area contributed by atoms with E-state index in [0.29, 0.717) is 6.42 Å². The molecule has 0 radical (unpaired) electrons. The van der Waals surface area contributed by atoms with Crippen LogP contribution < -0.4 is 0 Å². The summed E-state index contributed by atoms with van der Waals surface area (Å²) in [6.07, 6.45) is 2.40. The lowest BCUT2D eigenvalue weighted by atomic mass is 9.95. The summed E-state index contributed by atoms with van der Waals surface area (Å²) in [5.41, 5.74) is 6.05. The molecule has 1 unspecified atom stereocenters. The predicted octanol–water partition coefficient (Wildman–Crippen LogP) is 4.92. The van der Waals surface area contributed by atoms with Crippen LogP contribution in [0.15, 0.2) is 46.5 Å². The highest BCUT2D eigenvalue weighted by atomic mass is 19.1. The average Bonchev–Trinajstić information content (AvgIpc) is 3.12. The average molecular weight is 353 g/mol. The molecule has 1 heterocycles. The Bertz CT molecular complexity index is 843. The van der Waals surface area contributed by atoms with Crippen LogP contribution in [0.5, 0.6) is 0 Å². The van der Waals surface area contributed by atoms with Crippen LogP contribution in [0.3, 0.4) is 0 Å². The number of hydrogen-bond acceptors (Lipinski definition) is 3. The van der Waals surface area contributed by atoms with E-state index in [9.17, 15) is 4.39 Å². The second-order valence-corrected chi connectivity index (χ2v) is 6.66. The first-order chi connectivity index (χ1) is 12.5. The number of benzene rings is 2. The van der Waals surface area contributed by atoms with Gasteiger partial charge in [-0.1, -0.05) is 17.3 Å².